The lowest BCUT2D eigenvalue weighted by molar-refractivity contribution is 0.0981. The van der Waals surface area contributed by atoms with Crippen LogP contribution in [0.3, 0.4) is 0 Å². The van der Waals surface area contributed by atoms with E-state index >= 15 is 0 Å². The summed E-state index contributed by atoms with van der Waals surface area (Å²) in [5, 5.41) is 1.99. The minimum absolute atomic E-state index is 0.0237. The van der Waals surface area contributed by atoms with Crippen molar-refractivity contribution in [1.82, 2.24) is 19.9 Å². The van der Waals surface area contributed by atoms with E-state index in [1.165, 1.54) is 5.56 Å². The molecule has 0 saturated heterocycles. The number of benzene rings is 3. The van der Waals surface area contributed by atoms with Crippen molar-refractivity contribution < 1.29 is 4.79 Å². The highest BCUT2D eigenvalue weighted by Gasteiger charge is 2.31. The maximum Gasteiger partial charge on any atom is 0.258 e. The molecular weight excluding hydrogens is 422 g/mol. The van der Waals surface area contributed by atoms with Gasteiger partial charge in [-0.15, -0.1) is 0 Å². The van der Waals surface area contributed by atoms with E-state index in [4.69, 9.17) is 9.97 Å². The van der Waals surface area contributed by atoms with Gasteiger partial charge in [-0.25, -0.2) is 9.97 Å². The first-order chi connectivity index (χ1) is 16.7. The lowest BCUT2D eigenvalue weighted by Gasteiger charge is -2.23. The molecule has 7 rings (SSSR count). The normalized spacial score (nSPS) is 15.4. The Balaban J connectivity index is 1.44. The summed E-state index contributed by atoms with van der Waals surface area (Å²) in [5.74, 6) is -0.0237. The van der Waals surface area contributed by atoms with Crippen LogP contribution in [0.5, 0.6) is 0 Å². The summed E-state index contributed by atoms with van der Waals surface area (Å²) < 4.78 is 0. The number of aromatic nitrogens is 4. The molecule has 1 aliphatic heterocycles. The van der Waals surface area contributed by atoms with E-state index in [2.05, 4.69) is 23.0 Å². The zero-order valence-corrected chi connectivity index (χ0v) is 18.4. The maximum absolute atomic E-state index is 13.6. The van der Waals surface area contributed by atoms with Crippen LogP contribution in [-0.4, -0.2) is 31.9 Å². The van der Waals surface area contributed by atoms with Gasteiger partial charge in [0.15, 0.2) is 0 Å². The number of hydrogen-bond acceptors (Lipinski definition) is 5. The first kappa shape index (κ1) is 19.1. The highest BCUT2D eigenvalue weighted by Crippen LogP contribution is 2.34. The molecule has 6 nitrogen and oxygen atoms in total. The van der Waals surface area contributed by atoms with Gasteiger partial charge in [0.05, 0.1) is 22.1 Å². The van der Waals surface area contributed by atoms with Crippen LogP contribution in [0.4, 0.5) is 5.69 Å². The fourth-order valence-electron chi connectivity index (χ4n) is 5.15. The van der Waals surface area contributed by atoms with Crippen molar-refractivity contribution in [2.45, 2.75) is 19.4 Å². The zero-order valence-electron chi connectivity index (χ0n) is 18.4. The van der Waals surface area contributed by atoms with E-state index in [1.807, 2.05) is 65.6 Å². The summed E-state index contributed by atoms with van der Waals surface area (Å²) in [6, 6.07) is 21.7. The van der Waals surface area contributed by atoms with Crippen molar-refractivity contribution in [3.05, 3.63) is 90.3 Å². The van der Waals surface area contributed by atoms with Crippen LogP contribution in [0, 0.1) is 0 Å². The molecule has 0 N–H and O–H groups in total. The standard InChI is InChI=1S/C28H19N5O/c1-16-14-17-6-2-3-9-23(17)33(16)28(34)18-10-11-21-22(15-18)32-27-25-20(8-5-13-30-25)19-7-4-12-29-24(19)26(27)31-21/h2-13,15-16H,14H2,1H3/t16-/m1/s1. The van der Waals surface area contributed by atoms with Gasteiger partial charge in [-0.2, -0.15) is 0 Å². The van der Waals surface area contributed by atoms with Crippen molar-refractivity contribution in [2.24, 2.45) is 0 Å². The quantitative estimate of drug-likeness (QED) is 0.250. The Morgan fingerprint density at radius 1 is 0.794 bits per heavy atom. The molecule has 1 aliphatic rings. The molecule has 1 atom stereocenters. The van der Waals surface area contributed by atoms with E-state index in [0.29, 0.717) is 16.6 Å². The van der Waals surface area contributed by atoms with E-state index in [9.17, 15) is 4.79 Å². The van der Waals surface area contributed by atoms with E-state index in [0.717, 1.165) is 44.9 Å². The number of hydrogen-bond donors (Lipinski definition) is 0. The molecular formula is C28H19N5O. The number of fused-ring (bicyclic) bond motifs is 8. The predicted octanol–water partition coefficient (Wildman–Crippen LogP) is 5.47. The molecule has 1 amide bonds. The zero-order chi connectivity index (χ0) is 22.8. The molecule has 4 heterocycles. The van der Waals surface area contributed by atoms with Gasteiger partial charge in [0.2, 0.25) is 0 Å². The second kappa shape index (κ2) is 7.02. The van der Waals surface area contributed by atoms with Crippen molar-refractivity contribution in [3.63, 3.8) is 0 Å². The number of carbonyl (C=O) groups is 1. The fraction of sp³-hybridized carbons (Fsp3) is 0.107. The first-order valence-electron chi connectivity index (χ1n) is 11.3. The second-order valence-electron chi connectivity index (χ2n) is 8.78. The molecule has 0 spiro atoms. The molecule has 0 bridgehead atoms. The van der Waals surface area contributed by atoms with Crippen LogP contribution in [0.1, 0.15) is 22.8 Å². The topological polar surface area (TPSA) is 71.9 Å². The molecule has 0 fully saturated rings. The van der Waals surface area contributed by atoms with E-state index < -0.39 is 0 Å². The lowest BCUT2D eigenvalue weighted by Crippen LogP contribution is -2.35. The van der Waals surface area contributed by atoms with Gasteiger partial charge in [0.1, 0.15) is 11.0 Å². The summed E-state index contributed by atoms with van der Waals surface area (Å²) in [6.45, 7) is 2.09. The van der Waals surface area contributed by atoms with Crippen LogP contribution >= 0.6 is 0 Å². The molecule has 0 saturated carbocycles. The number of para-hydroxylation sites is 1. The Labute approximate surface area is 194 Å². The second-order valence-corrected chi connectivity index (χ2v) is 8.78. The molecule has 3 aromatic carbocycles. The van der Waals surface area contributed by atoms with Gasteiger partial charge in [-0.3, -0.25) is 14.8 Å². The van der Waals surface area contributed by atoms with Crippen LogP contribution < -0.4 is 4.90 Å². The summed E-state index contributed by atoms with van der Waals surface area (Å²) in [4.78, 5) is 34.5. The molecule has 3 aromatic heterocycles. The van der Waals surface area contributed by atoms with Crippen molar-refractivity contribution in [2.75, 3.05) is 4.90 Å². The van der Waals surface area contributed by atoms with Crippen molar-refractivity contribution >= 4 is 55.5 Å². The lowest BCUT2D eigenvalue weighted by atomic mass is 10.1. The highest BCUT2D eigenvalue weighted by atomic mass is 16.2. The van der Waals surface area contributed by atoms with Gasteiger partial charge in [-0.1, -0.05) is 30.3 Å². The van der Waals surface area contributed by atoms with Crippen molar-refractivity contribution in [3.8, 4) is 0 Å². The first-order valence-corrected chi connectivity index (χ1v) is 11.3. The Morgan fingerprint density at radius 3 is 2.21 bits per heavy atom. The SMILES string of the molecule is C[C@@H]1Cc2ccccc2N1C(=O)c1ccc2nc3c4ncccc4c4cccnc4c3nc2c1. The van der Waals surface area contributed by atoms with E-state index in [-0.39, 0.29) is 11.9 Å². The third-order valence-electron chi connectivity index (χ3n) is 6.69. The third kappa shape index (κ3) is 2.65. The maximum atomic E-state index is 13.6. The molecule has 34 heavy (non-hydrogen) atoms. The van der Waals surface area contributed by atoms with Gasteiger partial charge >= 0.3 is 0 Å². The Morgan fingerprint density at radius 2 is 1.47 bits per heavy atom. The largest absolute Gasteiger partial charge is 0.305 e. The van der Waals surface area contributed by atoms with Gasteiger partial charge < -0.3 is 4.90 Å². The predicted molar refractivity (Wildman–Crippen MR) is 134 cm³/mol. The Hall–Kier alpha value is -4.45. The van der Waals surface area contributed by atoms with E-state index in [1.54, 1.807) is 12.4 Å². The van der Waals surface area contributed by atoms with Crippen LogP contribution in [-0.2, 0) is 6.42 Å². The summed E-state index contributed by atoms with van der Waals surface area (Å²) >= 11 is 0. The summed E-state index contributed by atoms with van der Waals surface area (Å²) in [7, 11) is 0. The number of rotatable bonds is 1. The Kier molecular flexibility index (Phi) is 3.94. The molecule has 162 valence electrons. The fourth-order valence-corrected chi connectivity index (χ4v) is 5.15. The monoisotopic (exact) mass is 441 g/mol. The van der Waals surface area contributed by atoms with Gasteiger partial charge in [0, 0.05) is 40.5 Å². The Bertz CT molecular complexity index is 1800. The molecule has 0 aliphatic carbocycles. The number of carbonyl (C=O) groups excluding carboxylic acids is 1. The number of nitrogens with zero attached hydrogens (tertiary/aromatic N) is 5. The molecule has 0 radical (unpaired) electrons. The number of amides is 1. The summed E-state index contributed by atoms with van der Waals surface area (Å²) in [6.07, 6.45) is 4.40. The molecule has 0 unspecified atom stereocenters. The average Bonchev–Trinajstić information content (AvgIpc) is 3.22. The highest BCUT2D eigenvalue weighted by molar-refractivity contribution is 6.21. The minimum Gasteiger partial charge on any atom is -0.305 e. The third-order valence-corrected chi connectivity index (χ3v) is 6.69. The molecule has 6 heteroatoms. The van der Waals surface area contributed by atoms with Crippen LogP contribution in [0.15, 0.2) is 79.1 Å². The van der Waals surface area contributed by atoms with Gasteiger partial charge in [-0.05, 0) is 55.3 Å². The minimum atomic E-state index is -0.0237. The average molecular weight is 441 g/mol. The van der Waals surface area contributed by atoms with Gasteiger partial charge in [0.25, 0.3) is 5.91 Å². The summed E-state index contributed by atoms with van der Waals surface area (Å²) in [5.41, 5.74) is 7.17. The smallest absolute Gasteiger partial charge is 0.258 e. The van der Waals surface area contributed by atoms with Crippen LogP contribution in [0.2, 0.25) is 0 Å². The molecule has 6 aromatic rings. The number of anilines is 1. The number of pyridine rings is 2. The van der Waals surface area contributed by atoms with Crippen molar-refractivity contribution in [1.29, 1.82) is 0 Å². The van der Waals surface area contributed by atoms with Crippen LogP contribution in [0.25, 0.3) is 43.9 Å².